The van der Waals surface area contributed by atoms with Gasteiger partial charge in [0.25, 0.3) is 0 Å². The summed E-state index contributed by atoms with van der Waals surface area (Å²) in [5, 5.41) is 0.669. The van der Waals surface area contributed by atoms with Crippen LogP contribution in [0.4, 0.5) is 0 Å². The van der Waals surface area contributed by atoms with Crippen molar-refractivity contribution >= 4 is 17.4 Å². The SMILES string of the molecule is C=CCC(=O)Cc1ccc(C)cc1Cl. The lowest BCUT2D eigenvalue weighted by molar-refractivity contribution is -0.117. The van der Waals surface area contributed by atoms with Crippen molar-refractivity contribution in [3.05, 3.63) is 47.0 Å². The Balaban J connectivity index is 2.76. The summed E-state index contributed by atoms with van der Waals surface area (Å²) in [5.41, 5.74) is 2.00. The number of carbonyl (C=O) groups excluding carboxylic acids is 1. The van der Waals surface area contributed by atoms with Gasteiger partial charge in [0.1, 0.15) is 5.78 Å². The van der Waals surface area contributed by atoms with Crippen LogP contribution in [0.3, 0.4) is 0 Å². The zero-order chi connectivity index (χ0) is 10.6. The number of Topliss-reactive ketones (excluding diaryl/α,β-unsaturated/α-hetero) is 1. The van der Waals surface area contributed by atoms with E-state index >= 15 is 0 Å². The van der Waals surface area contributed by atoms with Crippen molar-refractivity contribution in [2.75, 3.05) is 0 Å². The van der Waals surface area contributed by atoms with Crippen LogP contribution in [-0.2, 0) is 11.2 Å². The monoisotopic (exact) mass is 208 g/mol. The van der Waals surface area contributed by atoms with Crippen LogP contribution in [0.25, 0.3) is 0 Å². The van der Waals surface area contributed by atoms with Crippen LogP contribution in [0.2, 0.25) is 5.02 Å². The molecule has 0 heterocycles. The van der Waals surface area contributed by atoms with Crippen LogP contribution in [0, 0.1) is 6.92 Å². The first-order valence-corrected chi connectivity index (χ1v) is 4.89. The second kappa shape index (κ2) is 4.97. The van der Waals surface area contributed by atoms with Crippen molar-refractivity contribution < 1.29 is 4.79 Å². The van der Waals surface area contributed by atoms with Crippen LogP contribution >= 0.6 is 11.6 Å². The molecular weight excluding hydrogens is 196 g/mol. The standard InChI is InChI=1S/C12H13ClO/c1-3-4-11(14)8-10-6-5-9(2)7-12(10)13/h3,5-7H,1,4,8H2,2H3. The molecule has 0 aromatic heterocycles. The molecule has 0 saturated heterocycles. The molecule has 0 saturated carbocycles. The Morgan fingerprint density at radius 2 is 2.29 bits per heavy atom. The number of aryl methyl sites for hydroxylation is 1. The van der Waals surface area contributed by atoms with Gasteiger partial charge in [0.2, 0.25) is 0 Å². The minimum atomic E-state index is 0.144. The summed E-state index contributed by atoms with van der Waals surface area (Å²) in [6.45, 7) is 5.50. The van der Waals surface area contributed by atoms with Crippen LogP contribution in [0.5, 0.6) is 0 Å². The van der Waals surface area contributed by atoms with Crippen molar-refractivity contribution in [2.24, 2.45) is 0 Å². The van der Waals surface area contributed by atoms with Gasteiger partial charge in [-0.05, 0) is 24.1 Å². The average molecular weight is 209 g/mol. The molecule has 0 aliphatic heterocycles. The Morgan fingerprint density at radius 3 is 2.86 bits per heavy atom. The van der Waals surface area contributed by atoms with Crippen LogP contribution in [0.1, 0.15) is 17.5 Å². The fourth-order valence-corrected chi connectivity index (χ4v) is 1.54. The van der Waals surface area contributed by atoms with Crippen LogP contribution < -0.4 is 0 Å². The highest BCUT2D eigenvalue weighted by Crippen LogP contribution is 2.18. The van der Waals surface area contributed by atoms with Gasteiger partial charge < -0.3 is 0 Å². The van der Waals surface area contributed by atoms with Crippen molar-refractivity contribution in [2.45, 2.75) is 19.8 Å². The second-order valence-electron chi connectivity index (χ2n) is 3.30. The molecule has 2 heteroatoms. The van der Waals surface area contributed by atoms with Gasteiger partial charge in [0, 0.05) is 17.9 Å². The van der Waals surface area contributed by atoms with Crippen molar-refractivity contribution in [1.29, 1.82) is 0 Å². The van der Waals surface area contributed by atoms with Gasteiger partial charge in [-0.1, -0.05) is 29.8 Å². The molecule has 0 aliphatic rings. The zero-order valence-corrected chi connectivity index (χ0v) is 8.97. The first kappa shape index (κ1) is 11.0. The van der Waals surface area contributed by atoms with E-state index in [2.05, 4.69) is 6.58 Å². The molecule has 14 heavy (non-hydrogen) atoms. The lowest BCUT2D eigenvalue weighted by atomic mass is 10.1. The van der Waals surface area contributed by atoms with Crippen molar-refractivity contribution in [1.82, 2.24) is 0 Å². The Hall–Kier alpha value is -1.08. The van der Waals surface area contributed by atoms with Gasteiger partial charge in [-0.15, -0.1) is 6.58 Å². The van der Waals surface area contributed by atoms with E-state index in [-0.39, 0.29) is 5.78 Å². The number of carbonyl (C=O) groups is 1. The maximum atomic E-state index is 11.3. The lowest BCUT2D eigenvalue weighted by Crippen LogP contribution is -2.01. The van der Waals surface area contributed by atoms with Gasteiger partial charge in [-0.2, -0.15) is 0 Å². The summed E-state index contributed by atoms with van der Waals surface area (Å²) >= 11 is 6.00. The van der Waals surface area contributed by atoms with Crippen LogP contribution in [0.15, 0.2) is 30.9 Å². The van der Waals surface area contributed by atoms with E-state index in [1.807, 2.05) is 25.1 Å². The molecule has 1 nitrogen and oxygen atoms in total. The number of ketones is 1. The number of allylic oxidation sites excluding steroid dienone is 1. The average Bonchev–Trinajstić information content (AvgIpc) is 2.10. The molecule has 0 atom stereocenters. The smallest absolute Gasteiger partial charge is 0.141 e. The van der Waals surface area contributed by atoms with E-state index in [0.29, 0.717) is 17.9 Å². The summed E-state index contributed by atoms with van der Waals surface area (Å²) in [7, 11) is 0. The predicted molar refractivity (Wildman–Crippen MR) is 59.7 cm³/mol. The summed E-state index contributed by atoms with van der Waals surface area (Å²) < 4.78 is 0. The van der Waals surface area contributed by atoms with Gasteiger partial charge in [0.05, 0.1) is 0 Å². The summed E-state index contributed by atoms with van der Waals surface area (Å²) in [6, 6.07) is 5.74. The lowest BCUT2D eigenvalue weighted by Gasteiger charge is -2.03. The predicted octanol–water partition coefficient (Wildman–Crippen LogP) is 3.34. The largest absolute Gasteiger partial charge is 0.299 e. The molecule has 0 bridgehead atoms. The third-order valence-electron chi connectivity index (χ3n) is 1.97. The minimum Gasteiger partial charge on any atom is -0.299 e. The van der Waals surface area contributed by atoms with Gasteiger partial charge >= 0.3 is 0 Å². The maximum absolute atomic E-state index is 11.3. The van der Waals surface area contributed by atoms with E-state index in [1.54, 1.807) is 6.08 Å². The highest BCUT2D eigenvalue weighted by Gasteiger charge is 2.05. The first-order chi connectivity index (χ1) is 6.63. The molecule has 1 rings (SSSR count). The molecule has 0 aliphatic carbocycles. The molecule has 0 unspecified atom stereocenters. The highest BCUT2D eigenvalue weighted by atomic mass is 35.5. The summed E-state index contributed by atoms with van der Waals surface area (Å²) in [5.74, 6) is 0.144. The fourth-order valence-electron chi connectivity index (χ4n) is 1.24. The number of rotatable bonds is 4. The number of halogens is 1. The summed E-state index contributed by atoms with van der Waals surface area (Å²) in [4.78, 5) is 11.3. The molecule has 1 aromatic rings. The molecule has 0 radical (unpaired) electrons. The van der Waals surface area contributed by atoms with E-state index in [4.69, 9.17) is 11.6 Å². The molecule has 1 aromatic carbocycles. The van der Waals surface area contributed by atoms with Crippen molar-refractivity contribution in [3.8, 4) is 0 Å². The number of hydrogen-bond acceptors (Lipinski definition) is 1. The van der Waals surface area contributed by atoms with E-state index in [1.165, 1.54) is 0 Å². The second-order valence-corrected chi connectivity index (χ2v) is 3.71. The topological polar surface area (TPSA) is 17.1 Å². The highest BCUT2D eigenvalue weighted by molar-refractivity contribution is 6.31. The molecule has 74 valence electrons. The molecular formula is C12H13ClO. The van der Waals surface area contributed by atoms with Gasteiger partial charge in [-0.3, -0.25) is 4.79 Å². The molecule has 0 fully saturated rings. The quantitative estimate of drug-likeness (QED) is 0.694. The summed E-state index contributed by atoms with van der Waals surface area (Å²) in [6.07, 6.45) is 2.42. The maximum Gasteiger partial charge on any atom is 0.141 e. The van der Waals surface area contributed by atoms with Gasteiger partial charge in [0.15, 0.2) is 0 Å². The van der Waals surface area contributed by atoms with Crippen LogP contribution in [-0.4, -0.2) is 5.78 Å². The minimum absolute atomic E-state index is 0.144. The number of hydrogen-bond donors (Lipinski definition) is 0. The molecule has 0 amide bonds. The van der Waals surface area contributed by atoms with E-state index < -0.39 is 0 Å². The Bertz CT molecular complexity index is 355. The molecule has 0 N–H and O–H groups in total. The Morgan fingerprint density at radius 1 is 1.57 bits per heavy atom. The third-order valence-corrected chi connectivity index (χ3v) is 2.32. The Kier molecular flexibility index (Phi) is 3.90. The van der Waals surface area contributed by atoms with E-state index in [0.717, 1.165) is 11.1 Å². The number of benzene rings is 1. The van der Waals surface area contributed by atoms with E-state index in [9.17, 15) is 4.79 Å². The Labute approximate surface area is 89.4 Å². The van der Waals surface area contributed by atoms with Crippen molar-refractivity contribution in [3.63, 3.8) is 0 Å². The van der Waals surface area contributed by atoms with Gasteiger partial charge in [-0.25, -0.2) is 0 Å². The molecule has 0 spiro atoms. The zero-order valence-electron chi connectivity index (χ0n) is 8.22. The first-order valence-electron chi connectivity index (χ1n) is 4.51. The third kappa shape index (κ3) is 3.00. The fraction of sp³-hybridized carbons (Fsp3) is 0.250. The normalized spacial score (nSPS) is 9.86.